The zero-order valence-electron chi connectivity index (χ0n) is 14.0. The molecule has 0 heterocycles. The van der Waals surface area contributed by atoms with Crippen LogP contribution in [0.1, 0.15) is 31.7 Å². The predicted molar refractivity (Wildman–Crippen MR) is 88.6 cm³/mol. The lowest BCUT2D eigenvalue weighted by molar-refractivity contribution is -0.137. The molecule has 0 aromatic heterocycles. The minimum atomic E-state index is -2.96. The van der Waals surface area contributed by atoms with E-state index in [2.05, 4.69) is 10.6 Å². The van der Waals surface area contributed by atoms with Gasteiger partial charge in [-0.1, -0.05) is 37.3 Å². The molecular weight excluding hydrogens is 334 g/mol. The smallest absolute Gasteiger partial charge is 0.315 e. The molecule has 0 bridgehead atoms. The van der Waals surface area contributed by atoms with E-state index in [4.69, 9.17) is 5.11 Å². The van der Waals surface area contributed by atoms with Gasteiger partial charge in [0, 0.05) is 12.5 Å². The summed E-state index contributed by atoms with van der Waals surface area (Å²) in [7, 11) is 0. The van der Waals surface area contributed by atoms with Gasteiger partial charge < -0.3 is 20.8 Å². The van der Waals surface area contributed by atoms with Crippen LogP contribution in [0.4, 0.5) is 13.6 Å². The lowest BCUT2D eigenvalue weighted by atomic mass is 10.0. The van der Waals surface area contributed by atoms with Gasteiger partial charge in [-0.2, -0.15) is 0 Å². The molecule has 6 nitrogen and oxygen atoms in total. The number of aliphatic hydroxyl groups is 1. The van der Waals surface area contributed by atoms with Crippen LogP contribution >= 0.6 is 0 Å². The molecule has 0 aliphatic rings. The number of aliphatic carboxylic acids is 1. The average molecular weight is 358 g/mol. The second-order valence-corrected chi connectivity index (χ2v) is 5.78. The third kappa shape index (κ3) is 7.93. The van der Waals surface area contributed by atoms with Crippen LogP contribution < -0.4 is 10.6 Å². The standard InChI is InChI=1S/C17H24F2N2O4/c1-2-13(15(24)16(18)19)21-17(25)20-12(8-9-14(22)23)10-11-6-4-3-5-7-11/h3-7,12-13,15-16,24H,2,8-10H2,1H3,(H,22,23)(H2,20,21,25). The Kier molecular flexibility index (Phi) is 8.83. The van der Waals surface area contributed by atoms with Gasteiger partial charge in [-0.15, -0.1) is 0 Å². The summed E-state index contributed by atoms with van der Waals surface area (Å²) in [5.74, 6) is -0.986. The number of alkyl halides is 2. The van der Waals surface area contributed by atoms with Crippen LogP contribution in [0, 0.1) is 0 Å². The number of aliphatic hydroxyl groups excluding tert-OH is 1. The summed E-state index contributed by atoms with van der Waals surface area (Å²) in [5, 5.41) is 23.2. The van der Waals surface area contributed by atoms with Crippen molar-refractivity contribution in [2.45, 2.75) is 57.2 Å². The Morgan fingerprint density at radius 2 is 1.80 bits per heavy atom. The molecule has 0 radical (unpaired) electrons. The van der Waals surface area contributed by atoms with Gasteiger partial charge in [0.2, 0.25) is 0 Å². The van der Waals surface area contributed by atoms with Crippen molar-refractivity contribution in [1.82, 2.24) is 10.6 Å². The number of carboxylic acid groups (broad SMARTS) is 1. The quantitative estimate of drug-likeness (QED) is 0.515. The highest BCUT2D eigenvalue weighted by Crippen LogP contribution is 2.10. The lowest BCUT2D eigenvalue weighted by Gasteiger charge is -2.25. The number of nitrogens with one attached hydrogen (secondary N) is 2. The van der Waals surface area contributed by atoms with Gasteiger partial charge in [-0.25, -0.2) is 13.6 Å². The van der Waals surface area contributed by atoms with E-state index < -0.39 is 36.6 Å². The molecule has 8 heteroatoms. The van der Waals surface area contributed by atoms with Crippen molar-refractivity contribution < 1.29 is 28.6 Å². The number of carboxylic acids is 1. The molecule has 1 aromatic rings. The van der Waals surface area contributed by atoms with Crippen molar-refractivity contribution in [2.24, 2.45) is 0 Å². The molecule has 1 rings (SSSR count). The number of carbonyl (C=O) groups is 2. The number of benzene rings is 1. The van der Waals surface area contributed by atoms with Gasteiger partial charge in [-0.05, 0) is 24.8 Å². The normalized spacial score (nSPS) is 14.6. The Morgan fingerprint density at radius 3 is 2.32 bits per heavy atom. The van der Waals surface area contributed by atoms with Gasteiger partial charge in [0.1, 0.15) is 6.10 Å². The molecule has 25 heavy (non-hydrogen) atoms. The number of amides is 2. The van der Waals surface area contributed by atoms with Gasteiger partial charge in [0.15, 0.2) is 0 Å². The molecular formula is C17H24F2N2O4. The lowest BCUT2D eigenvalue weighted by Crippen LogP contribution is -2.52. The van der Waals surface area contributed by atoms with Crippen molar-refractivity contribution in [1.29, 1.82) is 0 Å². The minimum Gasteiger partial charge on any atom is -0.481 e. The summed E-state index contributed by atoms with van der Waals surface area (Å²) in [5.41, 5.74) is 0.915. The molecule has 0 aliphatic carbocycles. The van der Waals surface area contributed by atoms with Crippen LogP contribution in [0.2, 0.25) is 0 Å². The van der Waals surface area contributed by atoms with E-state index in [-0.39, 0.29) is 19.3 Å². The molecule has 140 valence electrons. The van der Waals surface area contributed by atoms with Crippen LogP contribution in [0.5, 0.6) is 0 Å². The third-order valence-electron chi connectivity index (χ3n) is 3.79. The fraction of sp³-hybridized carbons (Fsp3) is 0.529. The average Bonchev–Trinajstić information content (AvgIpc) is 2.57. The van der Waals surface area contributed by atoms with Crippen molar-refractivity contribution in [2.75, 3.05) is 0 Å². The number of hydrogen-bond donors (Lipinski definition) is 4. The van der Waals surface area contributed by atoms with Gasteiger partial charge in [0.25, 0.3) is 6.43 Å². The SMILES string of the molecule is CCC(NC(=O)NC(CCC(=O)O)Cc1ccccc1)C(O)C(F)F. The van der Waals surface area contributed by atoms with Crippen LogP contribution in [-0.2, 0) is 11.2 Å². The fourth-order valence-corrected chi connectivity index (χ4v) is 2.42. The highest BCUT2D eigenvalue weighted by Gasteiger charge is 2.28. The Morgan fingerprint density at radius 1 is 1.16 bits per heavy atom. The van der Waals surface area contributed by atoms with Crippen LogP contribution in [0.3, 0.4) is 0 Å². The maximum Gasteiger partial charge on any atom is 0.315 e. The molecule has 0 aliphatic heterocycles. The number of hydrogen-bond acceptors (Lipinski definition) is 3. The van der Waals surface area contributed by atoms with Crippen molar-refractivity contribution in [3.05, 3.63) is 35.9 Å². The summed E-state index contributed by atoms with van der Waals surface area (Å²) in [6.07, 6.45) is -4.30. The van der Waals surface area contributed by atoms with E-state index in [1.54, 1.807) is 6.92 Å². The third-order valence-corrected chi connectivity index (χ3v) is 3.79. The fourth-order valence-electron chi connectivity index (χ4n) is 2.42. The highest BCUT2D eigenvalue weighted by molar-refractivity contribution is 5.75. The Hall–Kier alpha value is -2.22. The first-order chi connectivity index (χ1) is 11.8. The van der Waals surface area contributed by atoms with Crippen LogP contribution in [0.25, 0.3) is 0 Å². The van der Waals surface area contributed by atoms with Crippen LogP contribution in [-0.4, -0.2) is 46.8 Å². The van der Waals surface area contributed by atoms with Gasteiger partial charge in [0.05, 0.1) is 6.04 Å². The number of rotatable bonds is 10. The predicted octanol–water partition coefficient (Wildman–Crippen LogP) is 2.17. The Balaban J connectivity index is 2.68. The van der Waals surface area contributed by atoms with Crippen molar-refractivity contribution >= 4 is 12.0 Å². The number of urea groups is 1. The number of carbonyl (C=O) groups excluding carboxylic acids is 1. The first kappa shape index (κ1) is 20.8. The monoisotopic (exact) mass is 358 g/mol. The van der Waals surface area contributed by atoms with E-state index in [0.717, 1.165) is 5.56 Å². The number of halogens is 2. The van der Waals surface area contributed by atoms with E-state index in [1.807, 2.05) is 30.3 Å². The molecule has 3 unspecified atom stereocenters. The molecule has 4 N–H and O–H groups in total. The van der Waals surface area contributed by atoms with E-state index in [0.29, 0.717) is 6.42 Å². The first-order valence-corrected chi connectivity index (χ1v) is 8.12. The first-order valence-electron chi connectivity index (χ1n) is 8.12. The zero-order valence-corrected chi connectivity index (χ0v) is 14.0. The molecule has 0 fully saturated rings. The maximum absolute atomic E-state index is 12.6. The van der Waals surface area contributed by atoms with Crippen molar-refractivity contribution in [3.63, 3.8) is 0 Å². The molecule has 0 saturated carbocycles. The van der Waals surface area contributed by atoms with Crippen molar-refractivity contribution in [3.8, 4) is 0 Å². The topological polar surface area (TPSA) is 98.7 Å². The summed E-state index contributed by atoms with van der Waals surface area (Å²) < 4.78 is 25.2. The largest absolute Gasteiger partial charge is 0.481 e. The summed E-state index contributed by atoms with van der Waals surface area (Å²) >= 11 is 0. The molecule has 0 spiro atoms. The van der Waals surface area contributed by atoms with Crippen LogP contribution in [0.15, 0.2) is 30.3 Å². The second kappa shape index (κ2) is 10.6. The Bertz CT molecular complexity index is 543. The van der Waals surface area contributed by atoms with E-state index in [9.17, 15) is 23.5 Å². The summed E-state index contributed by atoms with van der Waals surface area (Å²) in [4.78, 5) is 22.8. The van der Waals surface area contributed by atoms with Gasteiger partial charge >= 0.3 is 12.0 Å². The zero-order chi connectivity index (χ0) is 18.8. The summed E-state index contributed by atoms with van der Waals surface area (Å²) in [6, 6.07) is 6.93. The highest BCUT2D eigenvalue weighted by atomic mass is 19.3. The Labute approximate surface area is 145 Å². The molecule has 3 atom stereocenters. The molecule has 0 saturated heterocycles. The minimum absolute atomic E-state index is 0.130. The van der Waals surface area contributed by atoms with Gasteiger partial charge in [-0.3, -0.25) is 4.79 Å². The van der Waals surface area contributed by atoms with E-state index >= 15 is 0 Å². The molecule has 1 aromatic carbocycles. The molecule has 2 amide bonds. The summed E-state index contributed by atoms with van der Waals surface area (Å²) in [6.45, 7) is 1.57. The maximum atomic E-state index is 12.6. The van der Waals surface area contributed by atoms with E-state index in [1.165, 1.54) is 0 Å². The second-order valence-electron chi connectivity index (χ2n) is 5.78.